The number of fused-ring (bicyclic) bond motifs is 1. The van der Waals surface area contributed by atoms with Crippen LogP contribution in [-0.4, -0.2) is 19.1 Å². The second-order valence-corrected chi connectivity index (χ2v) is 5.65. The van der Waals surface area contributed by atoms with Crippen LogP contribution in [0.25, 0.3) is 11.0 Å². The minimum Gasteiger partial charge on any atom is -0.497 e. The maximum absolute atomic E-state index is 12.5. The number of hydrogen-bond donors (Lipinski definition) is 1. The number of methoxy groups -OCH3 is 1. The standard InChI is InChI=1S/C17H19NO4/c1-21-12-7-8-13-14(10-16(19)22-15(13)9-12)17(20)18-11-5-3-2-4-6-11/h7-11H,2-6H2,1H3,(H,18,20). The van der Waals surface area contributed by atoms with Gasteiger partial charge in [0.15, 0.2) is 0 Å². The lowest BCUT2D eigenvalue weighted by Gasteiger charge is -2.22. The third-order valence-electron chi connectivity index (χ3n) is 4.14. The van der Waals surface area contributed by atoms with Crippen LogP contribution in [-0.2, 0) is 0 Å². The van der Waals surface area contributed by atoms with Gasteiger partial charge in [-0.25, -0.2) is 4.79 Å². The van der Waals surface area contributed by atoms with Gasteiger partial charge in [-0.05, 0) is 25.0 Å². The van der Waals surface area contributed by atoms with Gasteiger partial charge < -0.3 is 14.5 Å². The minimum atomic E-state index is -0.533. The number of carbonyl (C=O) groups is 1. The van der Waals surface area contributed by atoms with Gasteiger partial charge in [0.25, 0.3) is 5.91 Å². The molecule has 1 fully saturated rings. The number of amides is 1. The van der Waals surface area contributed by atoms with Crippen molar-refractivity contribution in [1.29, 1.82) is 0 Å². The van der Waals surface area contributed by atoms with Gasteiger partial charge in [0.05, 0.1) is 12.7 Å². The van der Waals surface area contributed by atoms with E-state index in [2.05, 4.69) is 5.32 Å². The highest BCUT2D eigenvalue weighted by atomic mass is 16.5. The zero-order chi connectivity index (χ0) is 15.5. The number of benzene rings is 1. The molecule has 1 N–H and O–H groups in total. The summed E-state index contributed by atoms with van der Waals surface area (Å²) in [5.41, 5.74) is 0.190. The molecule has 5 heteroatoms. The Hall–Kier alpha value is -2.30. The van der Waals surface area contributed by atoms with E-state index < -0.39 is 5.63 Å². The van der Waals surface area contributed by atoms with Gasteiger partial charge in [-0.2, -0.15) is 0 Å². The van der Waals surface area contributed by atoms with Crippen LogP contribution in [0.2, 0.25) is 0 Å². The van der Waals surface area contributed by atoms with Gasteiger partial charge in [-0.3, -0.25) is 4.79 Å². The molecule has 0 spiro atoms. The Bertz CT molecular complexity index is 744. The highest BCUT2D eigenvalue weighted by Gasteiger charge is 2.19. The van der Waals surface area contributed by atoms with Crippen molar-refractivity contribution < 1.29 is 13.9 Å². The number of ether oxygens (including phenoxy) is 1. The zero-order valence-corrected chi connectivity index (χ0v) is 12.6. The summed E-state index contributed by atoms with van der Waals surface area (Å²) in [7, 11) is 1.54. The van der Waals surface area contributed by atoms with E-state index in [1.165, 1.54) is 12.5 Å². The fourth-order valence-electron chi connectivity index (χ4n) is 2.97. The third-order valence-corrected chi connectivity index (χ3v) is 4.14. The lowest BCUT2D eigenvalue weighted by atomic mass is 9.95. The molecule has 1 aliphatic rings. The molecule has 0 aliphatic heterocycles. The summed E-state index contributed by atoms with van der Waals surface area (Å²) < 4.78 is 10.3. The van der Waals surface area contributed by atoms with Crippen molar-refractivity contribution >= 4 is 16.9 Å². The molecular formula is C17H19NO4. The molecule has 0 radical (unpaired) electrons. The summed E-state index contributed by atoms with van der Waals surface area (Å²) in [5, 5.41) is 3.65. The van der Waals surface area contributed by atoms with Crippen molar-refractivity contribution in [3.63, 3.8) is 0 Å². The first kappa shape index (κ1) is 14.6. The lowest BCUT2D eigenvalue weighted by molar-refractivity contribution is 0.0929. The van der Waals surface area contributed by atoms with Crippen LogP contribution in [0.4, 0.5) is 0 Å². The van der Waals surface area contributed by atoms with E-state index in [1.54, 1.807) is 25.3 Å². The average molecular weight is 301 g/mol. The van der Waals surface area contributed by atoms with E-state index in [-0.39, 0.29) is 11.9 Å². The van der Waals surface area contributed by atoms with Crippen LogP contribution in [0.1, 0.15) is 42.5 Å². The first-order chi connectivity index (χ1) is 10.7. The molecule has 3 rings (SSSR count). The molecule has 116 valence electrons. The molecule has 1 aliphatic carbocycles. The maximum atomic E-state index is 12.5. The Labute approximate surface area is 128 Å². The normalized spacial score (nSPS) is 15.7. The molecule has 2 aromatic rings. The predicted octanol–water partition coefficient (Wildman–Crippen LogP) is 2.86. The smallest absolute Gasteiger partial charge is 0.337 e. The van der Waals surface area contributed by atoms with Gasteiger partial charge in [0.1, 0.15) is 11.3 Å². The summed E-state index contributed by atoms with van der Waals surface area (Å²) in [4.78, 5) is 24.2. The van der Waals surface area contributed by atoms with Crippen molar-refractivity contribution in [2.24, 2.45) is 0 Å². The second kappa shape index (κ2) is 6.22. The van der Waals surface area contributed by atoms with Gasteiger partial charge in [-0.1, -0.05) is 19.3 Å². The lowest BCUT2D eigenvalue weighted by Crippen LogP contribution is -2.36. The van der Waals surface area contributed by atoms with E-state index in [4.69, 9.17) is 9.15 Å². The molecule has 1 amide bonds. The molecule has 1 aromatic heterocycles. The van der Waals surface area contributed by atoms with E-state index in [9.17, 15) is 9.59 Å². The van der Waals surface area contributed by atoms with E-state index in [0.29, 0.717) is 22.3 Å². The highest BCUT2D eigenvalue weighted by molar-refractivity contribution is 6.05. The highest BCUT2D eigenvalue weighted by Crippen LogP contribution is 2.23. The molecule has 5 nitrogen and oxygen atoms in total. The molecular weight excluding hydrogens is 282 g/mol. The Balaban J connectivity index is 1.94. The molecule has 0 saturated heterocycles. The number of rotatable bonds is 3. The van der Waals surface area contributed by atoms with Crippen LogP contribution < -0.4 is 15.7 Å². The van der Waals surface area contributed by atoms with Crippen LogP contribution in [0.3, 0.4) is 0 Å². The summed E-state index contributed by atoms with van der Waals surface area (Å²) in [6.07, 6.45) is 5.50. The molecule has 0 bridgehead atoms. The first-order valence-corrected chi connectivity index (χ1v) is 7.60. The first-order valence-electron chi connectivity index (χ1n) is 7.60. The summed E-state index contributed by atoms with van der Waals surface area (Å²) in [6.45, 7) is 0. The van der Waals surface area contributed by atoms with E-state index in [0.717, 1.165) is 25.7 Å². The molecule has 1 aromatic carbocycles. The van der Waals surface area contributed by atoms with E-state index in [1.807, 2.05) is 0 Å². The van der Waals surface area contributed by atoms with Crippen molar-refractivity contribution in [2.45, 2.75) is 38.1 Å². The van der Waals surface area contributed by atoms with Crippen LogP contribution >= 0.6 is 0 Å². The molecule has 1 heterocycles. The Morgan fingerprint density at radius 2 is 2.00 bits per heavy atom. The Kier molecular flexibility index (Phi) is 4.13. The predicted molar refractivity (Wildman–Crippen MR) is 83.4 cm³/mol. The minimum absolute atomic E-state index is 0.196. The van der Waals surface area contributed by atoms with Crippen LogP contribution in [0.5, 0.6) is 5.75 Å². The monoisotopic (exact) mass is 301 g/mol. The maximum Gasteiger partial charge on any atom is 0.337 e. The zero-order valence-electron chi connectivity index (χ0n) is 12.6. The van der Waals surface area contributed by atoms with Crippen molar-refractivity contribution in [2.75, 3.05) is 7.11 Å². The number of nitrogens with one attached hydrogen (secondary N) is 1. The second-order valence-electron chi connectivity index (χ2n) is 5.65. The topological polar surface area (TPSA) is 68.5 Å². The Morgan fingerprint density at radius 1 is 1.23 bits per heavy atom. The van der Waals surface area contributed by atoms with E-state index >= 15 is 0 Å². The molecule has 1 saturated carbocycles. The third kappa shape index (κ3) is 2.98. The van der Waals surface area contributed by atoms with Gasteiger partial charge in [0.2, 0.25) is 0 Å². The fourth-order valence-corrected chi connectivity index (χ4v) is 2.97. The van der Waals surface area contributed by atoms with Crippen LogP contribution in [0, 0.1) is 0 Å². The number of carbonyl (C=O) groups excluding carboxylic acids is 1. The largest absolute Gasteiger partial charge is 0.497 e. The molecule has 22 heavy (non-hydrogen) atoms. The molecule has 0 unspecified atom stereocenters. The fraction of sp³-hybridized carbons (Fsp3) is 0.412. The summed E-state index contributed by atoms with van der Waals surface area (Å²) in [5.74, 6) is 0.371. The quantitative estimate of drug-likeness (QED) is 0.885. The van der Waals surface area contributed by atoms with Crippen LogP contribution in [0.15, 0.2) is 33.5 Å². The summed E-state index contributed by atoms with van der Waals surface area (Å²) in [6, 6.07) is 6.56. The van der Waals surface area contributed by atoms with Gasteiger partial charge >= 0.3 is 5.63 Å². The van der Waals surface area contributed by atoms with Gasteiger partial charge in [0, 0.05) is 23.6 Å². The summed E-state index contributed by atoms with van der Waals surface area (Å²) >= 11 is 0. The Morgan fingerprint density at radius 3 is 2.73 bits per heavy atom. The number of hydrogen-bond acceptors (Lipinski definition) is 4. The average Bonchev–Trinajstić information content (AvgIpc) is 2.54. The van der Waals surface area contributed by atoms with Crippen molar-refractivity contribution in [3.05, 3.63) is 40.2 Å². The van der Waals surface area contributed by atoms with Crippen molar-refractivity contribution in [1.82, 2.24) is 5.32 Å². The van der Waals surface area contributed by atoms with Crippen molar-refractivity contribution in [3.8, 4) is 5.75 Å². The molecule has 0 atom stereocenters. The SMILES string of the molecule is COc1ccc2c(C(=O)NC3CCCCC3)cc(=O)oc2c1. The van der Waals surface area contributed by atoms with Gasteiger partial charge in [-0.15, -0.1) is 0 Å².